The van der Waals surface area contributed by atoms with Crippen LogP contribution in [-0.2, 0) is 51.2 Å². The minimum Gasteiger partial charge on any atom is -0.793 e. The normalized spacial score (nSPS) is 16.7. The number of carbonyl (C=O) groups is 7. The molecule has 26 heteroatoms. The van der Waals surface area contributed by atoms with Crippen molar-refractivity contribution in [2.75, 3.05) is 47.4 Å². The van der Waals surface area contributed by atoms with Gasteiger partial charge in [-0.25, -0.2) is 19.4 Å². The van der Waals surface area contributed by atoms with Gasteiger partial charge < -0.3 is 61.4 Å². The van der Waals surface area contributed by atoms with Crippen LogP contribution >= 0.6 is 0 Å². The molecule has 0 saturated carbocycles. The Bertz CT molecular complexity index is 3510. The second-order valence-corrected chi connectivity index (χ2v) is 22.0. The van der Waals surface area contributed by atoms with Crippen LogP contribution in [-0.4, -0.2) is 133 Å². The number of aliphatic carboxylic acids is 1. The molecule has 0 bridgehead atoms. The smallest absolute Gasteiger partial charge is 0.793 e. The van der Waals surface area contributed by atoms with Crippen LogP contribution < -0.4 is 55.5 Å². The number of halogens is 3. The number of aromatic nitrogens is 4. The molecule has 0 amide bonds. The number of pyridine rings is 2. The van der Waals surface area contributed by atoms with Crippen molar-refractivity contribution in [3.05, 3.63) is 126 Å². The number of rotatable bonds is 14. The number of hydrogen-bond donors (Lipinski definition) is 4. The second-order valence-electron chi connectivity index (χ2n) is 22.0. The molecule has 6 aromatic rings. The Morgan fingerprint density at radius 2 is 1.09 bits per heavy atom. The molecule has 6 heterocycles. The number of para-hydroxylation sites is 2. The Morgan fingerprint density at radius 3 is 1.44 bits per heavy atom. The van der Waals surface area contributed by atoms with E-state index in [2.05, 4.69) is 69.2 Å². The summed E-state index contributed by atoms with van der Waals surface area (Å²) in [5.41, 5.74) is 6.66. The molecule has 4 N–H and O–H groups in total. The van der Waals surface area contributed by atoms with E-state index < -0.39 is 47.9 Å². The first-order valence-corrected chi connectivity index (χ1v) is 28.9. The number of Topliss-reactive ketones (excluding diaryl/α,β-unsaturated/α-hetero) is 2. The van der Waals surface area contributed by atoms with Crippen molar-refractivity contribution in [1.29, 1.82) is 0 Å². The summed E-state index contributed by atoms with van der Waals surface area (Å²) in [7, 11) is 9.08. The summed E-state index contributed by atoms with van der Waals surface area (Å²) >= 11 is 0. The zero-order valence-corrected chi connectivity index (χ0v) is 56.2. The van der Waals surface area contributed by atoms with Gasteiger partial charge in [-0.3, -0.25) is 28.8 Å². The number of ketones is 2. The van der Waals surface area contributed by atoms with E-state index in [1.807, 2.05) is 67.7 Å². The molecule has 3 radical (unpaired) electrons. The van der Waals surface area contributed by atoms with Crippen LogP contribution in [0, 0.1) is 51.4 Å². The van der Waals surface area contributed by atoms with E-state index in [1.54, 1.807) is 45.0 Å². The summed E-state index contributed by atoms with van der Waals surface area (Å²) in [5, 5.41) is 12.6. The third-order valence-electron chi connectivity index (χ3n) is 15.6. The van der Waals surface area contributed by atoms with Gasteiger partial charge in [0.1, 0.15) is 18.3 Å². The summed E-state index contributed by atoms with van der Waals surface area (Å²) in [6.45, 7) is 23.1. The number of aryl methyl sites for hydroxylation is 2. The molecule has 21 nitrogen and oxygen atoms in total. The first-order valence-electron chi connectivity index (χ1n) is 28.9. The topological polar surface area (TPSA) is 277 Å². The maximum atomic E-state index is 14.0. The molecule has 0 spiro atoms. The number of piperidine rings is 2. The van der Waals surface area contributed by atoms with E-state index in [-0.39, 0.29) is 78.0 Å². The van der Waals surface area contributed by atoms with Crippen LogP contribution in [0.1, 0.15) is 141 Å². The average Bonchev–Trinajstić information content (AvgIpc) is 2.70. The van der Waals surface area contributed by atoms with E-state index in [9.17, 15) is 46.7 Å². The van der Waals surface area contributed by atoms with Gasteiger partial charge >= 0.3 is 47.7 Å². The van der Waals surface area contributed by atoms with Crippen LogP contribution in [0.15, 0.2) is 70.3 Å². The Balaban J connectivity index is 0.000000475. The predicted molar refractivity (Wildman–Crippen MR) is 332 cm³/mol. The molecule has 2 aliphatic heterocycles. The third-order valence-corrected chi connectivity index (χ3v) is 15.6. The second kappa shape index (κ2) is 37.1. The van der Waals surface area contributed by atoms with Gasteiger partial charge in [-0.2, -0.15) is 13.2 Å². The van der Waals surface area contributed by atoms with Gasteiger partial charge in [-0.05, 0) is 136 Å². The molecule has 6 atom stereocenters. The van der Waals surface area contributed by atoms with Crippen molar-refractivity contribution < 1.29 is 105 Å². The van der Waals surface area contributed by atoms with Gasteiger partial charge in [0.25, 0.3) is 17.1 Å². The van der Waals surface area contributed by atoms with Gasteiger partial charge in [0.15, 0.2) is 11.6 Å². The molecule has 90 heavy (non-hydrogen) atoms. The number of fused-ring (bicyclic) bond motifs is 2. The summed E-state index contributed by atoms with van der Waals surface area (Å²) < 4.78 is 60.8. The maximum absolute atomic E-state index is 14.0. The zero-order valence-electron chi connectivity index (χ0n) is 54.2. The Labute approximate surface area is 545 Å². The van der Waals surface area contributed by atoms with E-state index in [0.29, 0.717) is 76.8 Å². The monoisotopic (exact) mass is 1270 g/mol. The molecule has 2 aliphatic rings. The van der Waals surface area contributed by atoms with E-state index in [1.165, 1.54) is 14.0 Å². The number of carboxylic acids is 1. The van der Waals surface area contributed by atoms with Crippen molar-refractivity contribution in [3.63, 3.8) is 0 Å². The first kappa shape index (κ1) is 78.8. The predicted octanol–water partition coefficient (Wildman–Crippen LogP) is 6.61. The molecule has 4 aromatic heterocycles. The quantitative estimate of drug-likeness (QED) is 0.0386. The molecule has 0 aliphatic carbocycles. The van der Waals surface area contributed by atoms with Crippen LogP contribution in [0.4, 0.5) is 13.2 Å². The van der Waals surface area contributed by atoms with Crippen molar-refractivity contribution >= 4 is 72.1 Å². The van der Waals surface area contributed by atoms with Crippen LogP contribution in [0.25, 0.3) is 21.8 Å². The molecule has 6 unspecified atom stereocenters. The summed E-state index contributed by atoms with van der Waals surface area (Å²) in [6, 6.07) is 18.9. The van der Waals surface area contributed by atoms with Crippen molar-refractivity contribution in [2.45, 2.75) is 133 Å². The van der Waals surface area contributed by atoms with Crippen molar-refractivity contribution in [2.24, 2.45) is 23.7 Å². The van der Waals surface area contributed by atoms with Gasteiger partial charge in [0.2, 0.25) is 5.97 Å². The molecular formula is C64H84BF3N6NaO15. The summed E-state index contributed by atoms with van der Waals surface area (Å²) in [5.74, 6) is -2.61. The molecular weight excluding hydrogens is 1180 g/mol. The molecule has 2 fully saturated rings. The fraction of sp³-hybridized carbons (Fsp3) is 0.484. The number of alkyl halides is 3. The number of carbonyl (C=O) groups excluding carboxylic acids is 6. The van der Waals surface area contributed by atoms with Crippen molar-refractivity contribution in [3.8, 4) is 11.5 Å². The van der Waals surface area contributed by atoms with E-state index in [0.717, 1.165) is 79.0 Å². The minimum absolute atomic E-state index is 0. The molecule has 485 valence electrons. The largest absolute Gasteiger partial charge is 1.00 e. The Kier molecular flexibility index (Phi) is 32.5. The Hall–Kier alpha value is -7.32. The van der Waals surface area contributed by atoms with Gasteiger partial charge in [0.05, 0.1) is 31.3 Å². The number of benzene rings is 2. The molecule has 2 aromatic carbocycles. The molecule has 8 rings (SSSR count). The fourth-order valence-corrected chi connectivity index (χ4v) is 11.8. The summed E-state index contributed by atoms with van der Waals surface area (Å²) in [6.07, 6.45) is -1.88. The first-order chi connectivity index (χ1) is 41.9. The van der Waals surface area contributed by atoms with Gasteiger partial charge in [-0.1, -0.05) is 43.3 Å². The standard InChI is InChI=1S/C28H34F3N3O3.C27H35N3O3.C4H6O4.C2H3BO2.C2H4O2.CH2O.Na/c1-16-14-25(37-5)21(27(36)32-16)10-11-24(35)26-18(3)34(23-9-7-6-8-20(23)26)17(2)19-12-13-33(4)15-22(19)28(29,30)31;1-16-15-28-13-12-20(16)18(3)30-19(4)26(21-8-6-7-9-23(21)30)24(31)11-10-22-25(33-5)14-17(2)29-27(22)32;1-3(5)7-8-4(2)6;1-2(4)5-3;1-2(3)4;1-2;/h6-9,14,17,19,22H,10-13,15H2,1-5H3,(H,32,36);6-9,14,16,18,20,28H,10-13,15H2,1-5H3,(H,29,32);1-2H3;1H3;1H3,(H,3,4);1H2;/q;;;-1;;;+1. The van der Waals surface area contributed by atoms with Crippen molar-refractivity contribution in [1.82, 2.24) is 29.3 Å². The number of likely N-dealkylation sites (tertiary alicyclic amines) is 1. The van der Waals surface area contributed by atoms with Gasteiger partial charge in [-0.15, -0.1) is 0 Å². The molecule has 2 saturated heterocycles. The number of H-pyrrole nitrogens is 2. The Morgan fingerprint density at radius 1 is 0.700 bits per heavy atom. The number of nitrogens with zero attached hydrogens (tertiary/aromatic N) is 3. The minimum atomic E-state index is -4.30. The number of hydrogen-bond acceptors (Lipinski definition) is 16. The number of ether oxygens (including phenoxy) is 2. The van der Waals surface area contributed by atoms with Crippen LogP contribution in [0.2, 0.25) is 0 Å². The average molecular weight is 1270 g/mol. The number of nitrogens with one attached hydrogen (secondary N) is 3. The van der Waals surface area contributed by atoms with E-state index in [4.69, 9.17) is 24.2 Å². The number of methoxy groups -OCH3 is 2. The fourth-order valence-electron chi connectivity index (χ4n) is 11.8. The van der Waals surface area contributed by atoms with Crippen LogP contribution in [0.5, 0.6) is 11.5 Å². The SMILES string of the molecule is C=O.CC(=O)O.CC(=O)OOC(C)=O.COc1cc(C)[nH]c(=O)c1CCC(=O)c1c(C)n(C(C)C2CCN(C)CC2C(F)(F)F)c2ccccc12.COc1cc(C)[nH]c(=O)c1CCC(=O)c1c(C)n(C(C)C2CCNCC2C)c2ccccc12.[B-]OC(C)=O.[Na+]. The zero-order chi connectivity index (χ0) is 67.2. The summed E-state index contributed by atoms with van der Waals surface area (Å²) in [4.78, 5) is 113. The van der Waals surface area contributed by atoms with Crippen LogP contribution in [0.3, 0.4) is 0 Å². The maximum Gasteiger partial charge on any atom is 1.00 e. The number of aromatic amines is 2. The van der Waals surface area contributed by atoms with E-state index >= 15 is 0 Å². The third kappa shape index (κ3) is 21.7. The van der Waals surface area contributed by atoms with Gasteiger partial charge in [0, 0.05) is 115 Å². The number of carboxylic acid groups (broad SMARTS) is 1.